The van der Waals surface area contributed by atoms with Crippen molar-refractivity contribution in [1.82, 2.24) is 10.2 Å². The molecule has 0 aliphatic heterocycles. The van der Waals surface area contributed by atoms with E-state index in [4.69, 9.17) is 0 Å². The molecular weight excluding hydrogens is 236 g/mol. The van der Waals surface area contributed by atoms with Crippen LogP contribution in [0.25, 0.3) is 0 Å². The fourth-order valence-electron chi connectivity index (χ4n) is 1.98. The van der Waals surface area contributed by atoms with E-state index in [1.807, 2.05) is 6.07 Å². The molecule has 0 heterocycles. The molecule has 0 saturated carbocycles. The molecule has 2 N–H and O–H groups in total. The minimum absolute atomic E-state index is 0.325. The Balaban J connectivity index is 2.49. The Morgan fingerprint density at radius 2 is 1.74 bits per heavy atom. The lowest BCUT2D eigenvalue weighted by Gasteiger charge is -2.29. The van der Waals surface area contributed by atoms with Crippen molar-refractivity contribution in [2.75, 3.05) is 13.1 Å². The van der Waals surface area contributed by atoms with Gasteiger partial charge in [-0.05, 0) is 19.4 Å². The molecule has 0 aromatic heterocycles. The molecule has 0 amide bonds. The first-order chi connectivity index (χ1) is 8.99. The highest BCUT2D eigenvalue weighted by Crippen LogP contribution is 2.08. The molecule has 1 aromatic carbocycles. The van der Waals surface area contributed by atoms with E-state index < -0.39 is 0 Å². The Bertz CT molecular complexity index is 338. The zero-order valence-corrected chi connectivity index (χ0v) is 12.6. The van der Waals surface area contributed by atoms with Crippen LogP contribution in [0.2, 0.25) is 0 Å². The predicted octanol–water partition coefficient (Wildman–Crippen LogP) is 2.26. The van der Waals surface area contributed by atoms with Crippen LogP contribution < -0.4 is 5.32 Å². The maximum absolute atomic E-state index is 10.1. The molecule has 108 valence electrons. The molecule has 3 nitrogen and oxygen atoms in total. The highest BCUT2D eigenvalue weighted by molar-refractivity contribution is 5.14. The van der Waals surface area contributed by atoms with Gasteiger partial charge >= 0.3 is 0 Å². The van der Waals surface area contributed by atoms with Crippen LogP contribution in [-0.2, 0) is 6.54 Å². The van der Waals surface area contributed by atoms with Crippen molar-refractivity contribution < 1.29 is 5.11 Å². The van der Waals surface area contributed by atoms with Gasteiger partial charge in [-0.15, -0.1) is 0 Å². The van der Waals surface area contributed by atoms with E-state index in [0.29, 0.717) is 25.2 Å². The summed E-state index contributed by atoms with van der Waals surface area (Å²) in [5.41, 5.74) is 1.29. The molecule has 0 bridgehead atoms. The molecule has 0 radical (unpaired) electrons. The van der Waals surface area contributed by atoms with Gasteiger partial charge in [0.05, 0.1) is 6.10 Å². The summed E-state index contributed by atoms with van der Waals surface area (Å²) in [6.45, 7) is 10.8. The number of nitrogens with one attached hydrogen (secondary N) is 1. The third-order valence-electron chi connectivity index (χ3n) is 3.17. The summed E-state index contributed by atoms with van der Waals surface area (Å²) in [4.78, 5) is 2.31. The van der Waals surface area contributed by atoms with Gasteiger partial charge in [-0.2, -0.15) is 0 Å². The number of aliphatic hydroxyl groups is 1. The van der Waals surface area contributed by atoms with Crippen LogP contribution >= 0.6 is 0 Å². The summed E-state index contributed by atoms with van der Waals surface area (Å²) < 4.78 is 0. The van der Waals surface area contributed by atoms with Crippen LogP contribution in [0.1, 0.15) is 33.3 Å². The maximum atomic E-state index is 10.1. The highest BCUT2D eigenvalue weighted by Gasteiger charge is 2.15. The van der Waals surface area contributed by atoms with Crippen molar-refractivity contribution in [2.45, 2.75) is 52.4 Å². The molecular formula is C16H28N2O. The Labute approximate surface area is 117 Å². The normalized spacial score (nSPS) is 13.5. The number of nitrogens with zero attached hydrogens (tertiary/aromatic N) is 1. The first kappa shape index (κ1) is 16.2. The number of benzene rings is 1. The Morgan fingerprint density at radius 3 is 2.26 bits per heavy atom. The molecule has 0 aliphatic rings. The fraction of sp³-hybridized carbons (Fsp3) is 0.625. The molecule has 3 heteroatoms. The fourth-order valence-corrected chi connectivity index (χ4v) is 1.98. The van der Waals surface area contributed by atoms with Gasteiger partial charge in [-0.1, -0.05) is 44.2 Å². The van der Waals surface area contributed by atoms with Crippen LogP contribution in [0.15, 0.2) is 30.3 Å². The first-order valence-electron chi connectivity index (χ1n) is 7.18. The van der Waals surface area contributed by atoms with Gasteiger partial charge in [0.15, 0.2) is 0 Å². The molecule has 1 aromatic rings. The van der Waals surface area contributed by atoms with Crippen LogP contribution in [0.3, 0.4) is 0 Å². The summed E-state index contributed by atoms with van der Waals surface area (Å²) in [7, 11) is 0. The molecule has 19 heavy (non-hydrogen) atoms. The molecule has 1 rings (SSSR count). The second-order valence-corrected chi connectivity index (χ2v) is 5.73. The minimum Gasteiger partial charge on any atom is -0.390 e. The van der Waals surface area contributed by atoms with Gasteiger partial charge in [-0.25, -0.2) is 0 Å². The largest absolute Gasteiger partial charge is 0.390 e. The summed E-state index contributed by atoms with van der Waals surface area (Å²) in [5.74, 6) is 0. The van der Waals surface area contributed by atoms with Gasteiger partial charge in [0, 0.05) is 31.7 Å². The van der Waals surface area contributed by atoms with Crippen molar-refractivity contribution in [2.24, 2.45) is 0 Å². The number of hydrogen-bond donors (Lipinski definition) is 2. The zero-order valence-electron chi connectivity index (χ0n) is 12.6. The van der Waals surface area contributed by atoms with Crippen molar-refractivity contribution in [3.63, 3.8) is 0 Å². The third kappa shape index (κ3) is 6.71. The molecule has 1 atom stereocenters. The highest BCUT2D eigenvalue weighted by atomic mass is 16.3. The van der Waals surface area contributed by atoms with Crippen LogP contribution in [0.4, 0.5) is 0 Å². The SMILES string of the molecule is CC(C)NCC(O)CN(Cc1ccccc1)C(C)C. The van der Waals surface area contributed by atoms with Crippen LogP contribution in [0, 0.1) is 0 Å². The van der Waals surface area contributed by atoms with Crippen molar-refractivity contribution in [1.29, 1.82) is 0 Å². The van der Waals surface area contributed by atoms with Crippen molar-refractivity contribution in [3.05, 3.63) is 35.9 Å². The first-order valence-corrected chi connectivity index (χ1v) is 7.18. The molecule has 0 spiro atoms. The van der Waals surface area contributed by atoms with Gasteiger partial charge in [0.2, 0.25) is 0 Å². The second kappa shape index (κ2) is 8.31. The summed E-state index contributed by atoms with van der Waals surface area (Å²) >= 11 is 0. The monoisotopic (exact) mass is 264 g/mol. The second-order valence-electron chi connectivity index (χ2n) is 5.73. The average molecular weight is 264 g/mol. The Hall–Kier alpha value is -0.900. The van der Waals surface area contributed by atoms with E-state index in [9.17, 15) is 5.11 Å². The molecule has 0 fully saturated rings. The number of rotatable bonds is 8. The Kier molecular flexibility index (Phi) is 7.06. The molecule has 0 aliphatic carbocycles. The van der Waals surface area contributed by atoms with Gasteiger partial charge in [0.1, 0.15) is 0 Å². The maximum Gasteiger partial charge on any atom is 0.0791 e. The summed E-state index contributed by atoms with van der Waals surface area (Å²) in [5, 5.41) is 13.4. The summed E-state index contributed by atoms with van der Waals surface area (Å²) in [6.07, 6.45) is -0.325. The third-order valence-corrected chi connectivity index (χ3v) is 3.17. The predicted molar refractivity (Wildman–Crippen MR) is 81.1 cm³/mol. The quantitative estimate of drug-likeness (QED) is 0.756. The summed E-state index contributed by atoms with van der Waals surface area (Å²) in [6, 6.07) is 11.3. The molecule has 0 saturated heterocycles. The number of aliphatic hydroxyl groups excluding tert-OH is 1. The van der Waals surface area contributed by atoms with Crippen molar-refractivity contribution in [3.8, 4) is 0 Å². The van der Waals surface area contributed by atoms with Gasteiger partial charge < -0.3 is 10.4 Å². The lowest BCUT2D eigenvalue weighted by molar-refractivity contribution is 0.0887. The van der Waals surface area contributed by atoms with E-state index in [1.54, 1.807) is 0 Å². The average Bonchev–Trinajstić information content (AvgIpc) is 2.36. The van der Waals surface area contributed by atoms with E-state index in [-0.39, 0.29) is 6.10 Å². The number of hydrogen-bond acceptors (Lipinski definition) is 3. The van der Waals surface area contributed by atoms with Crippen LogP contribution in [0.5, 0.6) is 0 Å². The van der Waals surface area contributed by atoms with E-state index >= 15 is 0 Å². The lowest BCUT2D eigenvalue weighted by Crippen LogP contribution is -2.42. The van der Waals surface area contributed by atoms with Crippen LogP contribution in [-0.4, -0.2) is 41.3 Å². The van der Waals surface area contributed by atoms with Gasteiger partial charge in [-0.3, -0.25) is 4.90 Å². The zero-order chi connectivity index (χ0) is 14.3. The minimum atomic E-state index is -0.325. The van der Waals surface area contributed by atoms with E-state index in [1.165, 1.54) is 5.56 Å². The topological polar surface area (TPSA) is 35.5 Å². The standard InChI is InChI=1S/C16H28N2O/c1-13(2)17-10-16(19)12-18(14(3)4)11-15-8-6-5-7-9-15/h5-9,13-14,16-17,19H,10-12H2,1-4H3. The van der Waals surface area contributed by atoms with Crippen molar-refractivity contribution >= 4 is 0 Å². The lowest BCUT2D eigenvalue weighted by atomic mass is 10.1. The molecule has 1 unspecified atom stereocenters. The smallest absolute Gasteiger partial charge is 0.0791 e. The van der Waals surface area contributed by atoms with E-state index in [0.717, 1.165) is 6.54 Å². The Morgan fingerprint density at radius 1 is 1.11 bits per heavy atom. The van der Waals surface area contributed by atoms with Gasteiger partial charge in [0.25, 0.3) is 0 Å². The van der Waals surface area contributed by atoms with E-state index in [2.05, 4.69) is 62.2 Å².